The lowest BCUT2D eigenvalue weighted by Gasteiger charge is -2.31. The summed E-state index contributed by atoms with van der Waals surface area (Å²) in [4.78, 5) is 4.61. The lowest BCUT2D eigenvalue weighted by Crippen LogP contribution is -2.22. The van der Waals surface area contributed by atoms with E-state index in [9.17, 15) is 0 Å². The first-order valence-corrected chi connectivity index (χ1v) is 7.96. The fourth-order valence-electron chi connectivity index (χ4n) is 3.23. The van der Waals surface area contributed by atoms with E-state index in [1.165, 1.54) is 11.1 Å². The summed E-state index contributed by atoms with van der Waals surface area (Å²) < 4.78 is 2.19. The maximum atomic E-state index is 6.37. The van der Waals surface area contributed by atoms with E-state index in [0.29, 0.717) is 11.8 Å². The van der Waals surface area contributed by atoms with E-state index in [4.69, 9.17) is 23.2 Å². The fourth-order valence-corrected chi connectivity index (χ4v) is 3.71. The second kappa shape index (κ2) is 5.04. The third kappa shape index (κ3) is 2.05. The molecule has 21 heavy (non-hydrogen) atoms. The Balaban J connectivity index is 1.77. The SMILES string of the molecule is ClCc1nc2cccc(Cl)c2n1CC1Cc2ccccc21. The molecule has 1 aliphatic carbocycles. The Kier molecular flexibility index (Phi) is 3.16. The molecular formula is C17H14Cl2N2. The minimum atomic E-state index is 0.402. The number of benzene rings is 2. The number of aromatic nitrogens is 2. The number of fused-ring (bicyclic) bond motifs is 2. The van der Waals surface area contributed by atoms with Crippen molar-refractivity contribution < 1.29 is 0 Å². The largest absolute Gasteiger partial charge is 0.325 e. The molecule has 0 N–H and O–H groups in total. The van der Waals surface area contributed by atoms with Gasteiger partial charge in [0.2, 0.25) is 0 Å². The van der Waals surface area contributed by atoms with Crippen molar-refractivity contribution in [2.45, 2.75) is 24.8 Å². The van der Waals surface area contributed by atoms with Crippen LogP contribution in [0.4, 0.5) is 0 Å². The molecule has 106 valence electrons. The molecule has 2 aromatic carbocycles. The zero-order valence-electron chi connectivity index (χ0n) is 11.4. The topological polar surface area (TPSA) is 17.8 Å². The maximum Gasteiger partial charge on any atom is 0.124 e. The minimum Gasteiger partial charge on any atom is -0.325 e. The number of hydrogen-bond donors (Lipinski definition) is 0. The average molecular weight is 317 g/mol. The Labute approximate surface area is 133 Å². The van der Waals surface area contributed by atoms with Crippen molar-refractivity contribution in [3.63, 3.8) is 0 Å². The van der Waals surface area contributed by atoms with Crippen molar-refractivity contribution in [2.75, 3.05) is 0 Å². The van der Waals surface area contributed by atoms with Gasteiger partial charge < -0.3 is 4.57 Å². The van der Waals surface area contributed by atoms with Crippen LogP contribution in [0.3, 0.4) is 0 Å². The molecule has 1 unspecified atom stereocenters. The van der Waals surface area contributed by atoms with Gasteiger partial charge in [0.1, 0.15) is 5.82 Å². The maximum absolute atomic E-state index is 6.37. The molecule has 0 amide bonds. The third-order valence-corrected chi connectivity index (χ3v) is 4.82. The molecule has 0 aliphatic heterocycles. The first-order chi connectivity index (χ1) is 10.3. The van der Waals surface area contributed by atoms with Crippen molar-refractivity contribution >= 4 is 34.2 Å². The van der Waals surface area contributed by atoms with Crippen LogP contribution in [0, 0.1) is 0 Å². The molecule has 1 aromatic heterocycles. The van der Waals surface area contributed by atoms with Crippen molar-refractivity contribution in [3.8, 4) is 0 Å². The predicted molar refractivity (Wildman–Crippen MR) is 87.2 cm³/mol. The van der Waals surface area contributed by atoms with Crippen molar-refractivity contribution in [2.24, 2.45) is 0 Å². The molecule has 2 nitrogen and oxygen atoms in total. The number of para-hydroxylation sites is 1. The molecule has 4 heteroatoms. The summed E-state index contributed by atoms with van der Waals surface area (Å²) in [5.41, 5.74) is 4.81. The lowest BCUT2D eigenvalue weighted by atomic mass is 9.77. The Morgan fingerprint density at radius 1 is 1.14 bits per heavy atom. The molecule has 1 heterocycles. The number of alkyl halides is 1. The van der Waals surface area contributed by atoms with Crippen LogP contribution in [0.1, 0.15) is 22.9 Å². The molecule has 0 bridgehead atoms. The highest BCUT2D eigenvalue weighted by Crippen LogP contribution is 2.37. The van der Waals surface area contributed by atoms with E-state index >= 15 is 0 Å². The minimum absolute atomic E-state index is 0.402. The molecule has 0 radical (unpaired) electrons. The quantitative estimate of drug-likeness (QED) is 0.636. The third-order valence-electron chi connectivity index (χ3n) is 4.28. The second-order valence-electron chi connectivity index (χ2n) is 5.48. The van der Waals surface area contributed by atoms with Gasteiger partial charge >= 0.3 is 0 Å². The molecular weight excluding hydrogens is 303 g/mol. The van der Waals surface area contributed by atoms with Crippen LogP contribution < -0.4 is 0 Å². The molecule has 0 saturated heterocycles. The van der Waals surface area contributed by atoms with Crippen LogP contribution in [-0.4, -0.2) is 9.55 Å². The Morgan fingerprint density at radius 3 is 2.81 bits per heavy atom. The summed E-state index contributed by atoms with van der Waals surface area (Å²) in [5, 5.41) is 0.740. The molecule has 0 fully saturated rings. The molecule has 4 rings (SSSR count). The normalized spacial score (nSPS) is 16.8. The Bertz CT molecular complexity index is 823. The van der Waals surface area contributed by atoms with Gasteiger partial charge in [-0.05, 0) is 29.7 Å². The molecule has 1 atom stereocenters. The smallest absolute Gasteiger partial charge is 0.124 e. The summed E-state index contributed by atoms with van der Waals surface area (Å²) in [6.07, 6.45) is 1.11. The summed E-state index contributed by atoms with van der Waals surface area (Å²) in [5.74, 6) is 1.82. The van der Waals surface area contributed by atoms with Crippen LogP contribution in [0.15, 0.2) is 42.5 Å². The zero-order chi connectivity index (χ0) is 14.4. The summed E-state index contributed by atoms with van der Waals surface area (Å²) in [6, 6.07) is 14.4. The van der Waals surface area contributed by atoms with Crippen LogP contribution in [0.5, 0.6) is 0 Å². The molecule has 0 saturated carbocycles. The first-order valence-electron chi connectivity index (χ1n) is 7.05. The van der Waals surface area contributed by atoms with Gasteiger partial charge in [0.15, 0.2) is 0 Å². The highest BCUT2D eigenvalue weighted by atomic mass is 35.5. The van der Waals surface area contributed by atoms with Crippen LogP contribution in [-0.2, 0) is 18.8 Å². The Hall–Kier alpha value is -1.51. The van der Waals surface area contributed by atoms with E-state index in [1.54, 1.807) is 0 Å². The predicted octanol–water partition coefficient (Wildman–Crippen LogP) is 4.77. The highest BCUT2D eigenvalue weighted by molar-refractivity contribution is 6.35. The van der Waals surface area contributed by atoms with Crippen LogP contribution >= 0.6 is 23.2 Å². The standard InChI is InChI=1S/C17H14Cl2N2/c18-9-16-20-15-7-3-6-14(19)17(15)21(16)10-12-8-11-4-1-2-5-13(11)12/h1-7,12H,8-10H2. The van der Waals surface area contributed by atoms with E-state index in [-0.39, 0.29) is 0 Å². The molecule has 0 spiro atoms. The molecule has 3 aromatic rings. The fraction of sp³-hybridized carbons (Fsp3) is 0.235. The summed E-state index contributed by atoms with van der Waals surface area (Å²) in [6.45, 7) is 0.888. The van der Waals surface area contributed by atoms with Crippen LogP contribution in [0.25, 0.3) is 11.0 Å². The number of halogens is 2. The zero-order valence-corrected chi connectivity index (χ0v) is 12.9. The number of rotatable bonds is 3. The van der Waals surface area contributed by atoms with Crippen LogP contribution in [0.2, 0.25) is 5.02 Å². The van der Waals surface area contributed by atoms with Gasteiger partial charge in [-0.1, -0.05) is 41.9 Å². The lowest BCUT2D eigenvalue weighted by molar-refractivity contribution is 0.508. The van der Waals surface area contributed by atoms with E-state index in [2.05, 4.69) is 33.8 Å². The highest BCUT2D eigenvalue weighted by Gasteiger charge is 2.27. The van der Waals surface area contributed by atoms with Crippen molar-refractivity contribution in [1.29, 1.82) is 0 Å². The number of nitrogens with zero attached hydrogens (tertiary/aromatic N) is 2. The second-order valence-corrected chi connectivity index (χ2v) is 6.15. The van der Waals surface area contributed by atoms with Gasteiger partial charge in [-0.3, -0.25) is 0 Å². The van der Waals surface area contributed by atoms with Crippen molar-refractivity contribution in [1.82, 2.24) is 9.55 Å². The summed E-state index contributed by atoms with van der Waals surface area (Å²) >= 11 is 12.4. The monoisotopic (exact) mass is 316 g/mol. The Morgan fingerprint density at radius 2 is 2.00 bits per heavy atom. The number of hydrogen-bond acceptors (Lipinski definition) is 1. The first kappa shape index (κ1) is 13.2. The van der Waals surface area contributed by atoms with Gasteiger partial charge in [-0.2, -0.15) is 0 Å². The van der Waals surface area contributed by atoms with Gasteiger partial charge in [-0.15, -0.1) is 11.6 Å². The van der Waals surface area contributed by atoms with Crippen molar-refractivity contribution in [3.05, 3.63) is 64.4 Å². The summed E-state index contributed by atoms with van der Waals surface area (Å²) in [7, 11) is 0. The van der Waals surface area contributed by atoms with E-state index in [1.807, 2.05) is 18.2 Å². The number of imidazole rings is 1. The average Bonchev–Trinajstić information content (AvgIpc) is 2.84. The van der Waals surface area contributed by atoms with Gasteiger partial charge in [-0.25, -0.2) is 4.98 Å². The van der Waals surface area contributed by atoms with Gasteiger partial charge in [0.25, 0.3) is 0 Å². The van der Waals surface area contributed by atoms with E-state index in [0.717, 1.165) is 34.8 Å². The van der Waals surface area contributed by atoms with Gasteiger partial charge in [0, 0.05) is 12.5 Å². The van der Waals surface area contributed by atoms with Gasteiger partial charge in [0.05, 0.1) is 21.9 Å². The van der Waals surface area contributed by atoms with E-state index < -0.39 is 0 Å². The molecule has 1 aliphatic rings.